The Balaban J connectivity index is 0.00000984. The summed E-state index contributed by atoms with van der Waals surface area (Å²) in [5, 5.41) is 0.559. The van der Waals surface area contributed by atoms with E-state index in [0.717, 1.165) is 50.7 Å². The summed E-state index contributed by atoms with van der Waals surface area (Å²) >= 11 is 0. The minimum absolute atomic E-state index is 0. The molecule has 0 aromatic heterocycles. The number of amides is 2. The van der Waals surface area contributed by atoms with Gasteiger partial charge in [0, 0.05) is 85.5 Å². The Hall–Kier alpha value is -5.09. The Morgan fingerprint density at radius 3 is 2.03 bits per heavy atom. The smallest absolute Gasteiger partial charge is 0.744 e. The molecule has 0 atom stereocenters. The van der Waals surface area contributed by atoms with Crippen molar-refractivity contribution in [3.63, 3.8) is 0 Å². The van der Waals surface area contributed by atoms with Crippen LogP contribution in [0.5, 0.6) is 5.75 Å². The predicted octanol–water partition coefficient (Wildman–Crippen LogP) is 5.50. The minimum Gasteiger partial charge on any atom is -0.744 e. The number of ether oxygens (including phenoxy) is 7. The van der Waals surface area contributed by atoms with Crippen LogP contribution in [0.3, 0.4) is 0 Å². The van der Waals surface area contributed by atoms with E-state index in [4.69, 9.17) is 38.0 Å². The fourth-order valence-corrected chi connectivity index (χ4v) is 10.3. The number of hydroxylamine groups is 2. The van der Waals surface area contributed by atoms with Crippen molar-refractivity contribution in [3.8, 4) is 5.75 Å². The summed E-state index contributed by atoms with van der Waals surface area (Å²) in [7, 11) is -3.07. The van der Waals surface area contributed by atoms with Crippen LogP contribution in [0.25, 0.3) is 16.9 Å². The van der Waals surface area contributed by atoms with E-state index >= 15 is 0 Å². The molecule has 78 heavy (non-hydrogen) atoms. The molecule has 0 N–H and O–H groups in total. The van der Waals surface area contributed by atoms with Crippen molar-refractivity contribution >= 4 is 61.9 Å². The second-order valence-electron chi connectivity index (χ2n) is 20.0. The van der Waals surface area contributed by atoms with Crippen LogP contribution in [0.4, 0.5) is 11.4 Å². The monoisotopic (exact) mass is 1100 g/mol. The van der Waals surface area contributed by atoms with E-state index in [9.17, 15) is 27.4 Å². The van der Waals surface area contributed by atoms with Crippen molar-refractivity contribution in [2.45, 2.75) is 89.0 Å². The first-order chi connectivity index (χ1) is 37.0. The topological polar surface area (TPSA) is 192 Å². The number of carbonyl (C=O) groups excluding carboxylic acids is 3. The third kappa shape index (κ3) is 16.5. The maximum absolute atomic E-state index is 12.5. The number of anilines is 1. The SMILES string of the molecule is COCCOCCOCCOCCOCCOCCN1c2cc3c(cc2C(C)=CC1(C)C)C(=CC=CC=CC1=[N+](CCCCCC(=O)ON2C(=O)CCC2=O)c2ccc(S(=O)(=O)[O-])cc2C1(C)C)C=C(c1ccccc1)O3.[Na+]. The fourth-order valence-electron chi connectivity index (χ4n) is 9.79. The van der Waals surface area contributed by atoms with Crippen LogP contribution >= 0.6 is 0 Å². The number of hydrogen-bond donors (Lipinski definition) is 0. The molecule has 2 amide bonds. The normalized spacial score (nSPS) is 17.1. The summed E-state index contributed by atoms with van der Waals surface area (Å²) in [5.41, 5.74) is 7.57. The molecule has 1 saturated heterocycles. The van der Waals surface area contributed by atoms with E-state index < -0.39 is 33.3 Å². The summed E-state index contributed by atoms with van der Waals surface area (Å²) in [6.07, 6.45) is 16.1. The number of benzene rings is 3. The van der Waals surface area contributed by atoms with Crippen LogP contribution < -0.4 is 39.2 Å². The molecule has 0 unspecified atom stereocenters. The Kier molecular flexibility index (Phi) is 23.4. The number of unbranched alkanes of at least 4 members (excludes halogenated alkanes) is 2. The quantitative estimate of drug-likeness (QED) is 0.0203. The molecule has 414 valence electrons. The van der Waals surface area contributed by atoms with Crippen LogP contribution in [0.2, 0.25) is 0 Å². The molecule has 0 saturated carbocycles. The van der Waals surface area contributed by atoms with Gasteiger partial charge in [0.15, 0.2) is 5.71 Å². The zero-order chi connectivity index (χ0) is 55.0. The maximum atomic E-state index is 12.5. The Labute approximate surface area is 481 Å². The number of nitrogens with zero attached hydrogens (tertiary/aromatic N) is 3. The molecule has 17 nitrogen and oxygen atoms in total. The predicted molar refractivity (Wildman–Crippen MR) is 292 cm³/mol. The number of allylic oxidation sites excluding steroid dienone is 8. The van der Waals surface area contributed by atoms with Gasteiger partial charge in [-0.15, -0.1) is 5.06 Å². The molecule has 3 aromatic carbocycles. The molecular weight excluding hydrogens is 1030 g/mol. The van der Waals surface area contributed by atoms with Gasteiger partial charge in [0.1, 0.15) is 28.2 Å². The van der Waals surface area contributed by atoms with Gasteiger partial charge in [0.25, 0.3) is 11.8 Å². The number of hydrogen-bond acceptors (Lipinski definition) is 15. The first-order valence-electron chi connectivity index (χ1n) is 26.3. The van der Waals surface area contributed by atoms with Crippen LogP contribution in [0.1, 0.15) is 95.4 Å². The summed E-state index contributed by atoms with van der Waals surface area (Å²) < 4.78 is 78.6. The van der Waals surface area contributed by atoms with Gasteiger partial charge in [-0.1, -0.05) is 60.7 Å². The Morgan fingerprint density at radius 1 is 0.769 bits per heavy atom. The second kappa shape index (κ2) is 29.4. The molecule has 4 heterocycles. The van der Waals surface area contributed by atoms with Gasteiger partial charge >= 0.3 is 35.5 Å². The maximum Gasteiger partial charge on any atom is 1.00 e. The van der Waals surface area contributed by atoms with Gasteiger partial charge in [-0.2, -0.15) is 4.58 Å². The first kappa shape index (κ1) is 62.1. The molecule has 4 aliphatic rings. The van der Waals surface area contributed by atoms with Gasteiger partial charge in [0.2, 0.25) is 5.69 Å². The molecule has 0 radical (unpaired) electrons. The molecule has 19 heteroatoms. The molecule has 7 rings (SSSR count). The largest absolute Gasteiger partial charge is 1.00 e. The van der Waals surface area contributed by atoms with Crippen LogP contribution in [-0.4, -0.2) is 145 Å². The van der Waals surface area contributed by atoms with Crippen molar-refractivity contribution < 1.29 is 99.5 Å². The average Bonchev–Trinajstić information content (AvgIpc) is 4.04. The molecule has 0 bridgehead atoms. The minimum atomic E-state index is -4.71. The number of fused-ring (bicyclic) bond motifs is 3. The molecule has 4 aliphatic heterocycles. The van der Waals surface area contributed by atoms with Gasteiger partial charge < -0.3 is 47.4 Å². The van der Waals surface area contributed by atoms with Crippen molar-refractivity contribution in [1.82, 2.24) is 5.06 Å². The molecule has 3 aromatic rings. The number of imide groups is 1. The van der Waals surface area contributed by atoms with E-state index in [1.165, 1.54) is 12.1 Å². The zero-order valence-electron chi connectivity index (χ0n) is 46.2. The number of carbonyl (C=O) groups is 3. The van der Waals surface area contributed by atoms with Crippen LogP contribution in [0, 0.1) is 0 Å². The molecular formula is C59H73N3NaO14S+. The number of methoxy groups -OCH3 is 1. The standard InChI is InChI=1S/C59H73N3O14S.Na/c1-43-42-58(2,3)61(26-27-70-30-31-72-34-35-74-37-36-73-33-32-71-29-28-69-6)51-41-53-48(40-47(43)51)45(38-52(75-53)44-16-10-7-11-17-44)18-12-8-13-19-54-59(4,5)49-39-46(77(66,67)68)21-22-50(49)60(54)25-15-9-14-20-57(65)76-62-55(63)23-24-56(62)64;/h7-8,10-13,16-19,21-22,38-42H,9,14-15,20,23-37H2,1-6H3;/q;+1. The van der Waals surface area contributed by atoms with E-state index in [0.29, 0.717) is 121 Å². The van der Waals surface area contributed by atoms with Crippen LogP contribution in [-0.2, 0) is 63.2 Å². The van der Waals surface area contributed by atoms with E-state index in [1.807, 2.05) is 68.5 Å². The third-order valence-corrected chi connectivity index (χ3v) is 14.5. The van der Waals surface area contributed by atoms with Crippen molar-refractivity contribution in [1.29, 1.82) is 0 Å². The van der Waals surface area contributed by atoms with E-state index in [-0.39, 0.29) is 59.3 Å². The van der Waals surface area contributed by atoms with Crippen molar-refractivity contribution in [2.24, 2.45) is 0 Å². The van der Waals surface area contributed by atoms with Crippen molar-refractivity contribution in [3.05, 3.63) is 125 Å². The third-order valence-electron chi connectivity index (χ3n) is 13.7. The van der Waals surface area contributed by atoms with Gasteiger partial charge in [-0.3, -0.25) is 9.59 Å². The second-order valence-corrected chi connectivity index (χ2v) is 21.4. The average molecular weight is 1100 g/mol. The molecule has 0 spiro atoms. The zero-order valence-corrected chi connectivity index (χ0v) is 49.0. The van der Waals surface area contributed by atoms with Gasteiger partial charge in [0.05, 0.1) is 88.5 Å². The molecule has 1 fully saturated rings. The fraction of sp³-hybridized carbons (Fsp3) is 0.458. The summed E-state index contributed by atoms with van der Waals surface area (Å²) in [6, 6.07) is 18.8. The molecule has 0 aliphatic carbocycles. The Bertz CT molecular complexity index is 2880. The van der Waals surface area contributed by atoms with Gasteiger partial charge in [-0.25, -0.2) is 13.2 Å². The summed E-state index contributed by atoms with van der Waals surface area (Å²) in [4.78, 5) is 43.4. The van der Waals surface area contributed by atoms with Gasteiger partial charge in [-0.05, 0) is 82.9 Å². The van der Waals surface area contributed by atoms with Crippen LogP contribution in [0.15, 0.2) is 108 Å². The summed E-state index contributed by atoms with van der Waals surface area (Å²) in [6.45, 7) is 17.2. The number of rotatable bonds is 30. The first-order valence-corrected chi connectivity index (χ1v) is 27.8. The Morgan fingerprint density at radius 2 is 1.40 bits per heavy atom. The summed E-state index contributed by atoms with van der Waals surface area (Å²) in [5.74, 6) is -0.242. The van der Waals surface area contributed by atoms with E-state index in [1.54, 1.807) is 13.2 Å². The van der Waals surface area contributed by atoms with E-state index in [2.05, 4.69) is 60.6 Å². The van der Waals surface area contributed by atoms with Crippen molar-refractivity contribution in [2.75, 3.05) is 97.8 Å².